The summed E-state index contributed by atoms with van der Waals surface area (Å²) >= 11 is 0. The van der Waals surface area contributed by atoms with E-state index in [1.54, 1.807) is 18.2 Å². The number of carboxylic acid groups (broad SMARTS) is 1. The number of rotatable bonds is 4. The molecule has 5 heteroatoms. The number of nitrogens with two attached hydrogens (primary N) is 2. The molecule has 0 heterocycles. The smallest absolute Gasteiger partial charge is 0.320 e. The van der Waals surface area contributed by atoms with E-state index < -0.39 is 12.0 Å². The Hall–Kier alpha value is -1.88. The minimum Gasteiger partial charge on any atom is -0.480 e. The van der Waals surface area contributed by atoms with Crippen LogP contribution in [0.2, 0.25) is 0 Å². The van der Waals surface area contributed by atoms with Crippen LogP contribution in [0.25, 0.3) is 0 Å². The highest BCUT2D eigenvalue weighted by atomic mass is 16.4. The van der Waals surface area contributed by atoms with Crippen molar-refractivity contribution in [2.75, 3.05) is 5.73 Å². The van der Waals surface area contributed by atoms with E-state index in [-0.39, 0.29) is 12.2 Å². The van der Waals surface area contributed by atoms with Crippen LogP contribution in [0, 0.1) is 6.92 Å². The summed E-state index contributed by atoms with van der Waals surface area (Å²) in [6.45, 7) is 1.83. The Balaban J connectivity index is 2.88. The minimum absolute atomic E-state index is 0.247. The fraction of sp³-hybridized carbons (Fsp3) is 0.273. The van der Waals surface area contributed by atoms with Crippen LogP contribution in [0.5, 0.6) is 0 Å². The molecule has 0 radical (unpaired) electrons. The molecule has 0 aromatic heterocycles. The number of Topliss-reactive ketones (excluding diaryl/α,β-unsaturated/α-hetero) is 1. The number of aliphatic carboxylic acids is 1. The summed E-state index contributed by atoms with van der Waals surface area (Å²) in [5.74, 6) is -1.55. The molecular weight excluding hydrogens is 208 g/mol. The Bertz CT molecular complexity index is 429. The molecule has 0 aliphatic heterocycles. The quantitative estimate of drug-likeness (QED) is 0.509. The fourth-order valence-electron chi connectivity index (χ4n) is 1.31. The van der Waals surface area contributed by atoms with Gasteiger partial charge in [0.25, 0.3) is 0 Å². The van der Waals surface area contributed by atoms with Gasteiger partial charge in [-0.05, 0) is 19.1 Å². The first kappa shape index (κ1) is 12.2. The van der Waals surface area contributed by atoms with Crippen molar-refractivity contribution in [3.8, 4) is 0 Å². The maximum Gasteiger partial charge on any atom is 0.320 e. The number of ketones is 1. The third-order valence-corrected chi connectivity index (χ3v) is 2.23. The van der Waals surface area contributed by atoms with Crippen LogP contribution < -0.4 is 11.5 Å². The summed E-state index contributed by atoms with van der Waals surface area (Å²) in [5, 5.41) is 8.59. The number of aryl methyl sites for hydroxylation is 1. The summed E-state index contributed by atoms with van der Waals surface area (Å²) in [7, 11) is 0. The number of carboxylic acids is 1. The van der Waals surface area contributed by atoms with Gasteiger partial charge >= 0.3 is 5.97 Å². The van der Waals surface area contributed by atoms with Crippen LogP contribution in [-0.4, -0.2) is 22.9 Å². The third-order valence-electron chi connectivity index (χ3n) is 2.23. The van der Waals surface area contributed by atoms with Crippen molar-refractivity contribution in [2.45, 2.75) is 19.4 Å². The van der Waals surface area contributed by atoms with Gasteiger partial charge in [-0.2, -0.15) is 0 Å². The zero-order valence-corrected chi connectivity index (χ0v) is 8.93. The lowest BCUT2D eigenvalue weighted by Crippen LogP contribution is -2.32. The van der Waals surface area contributed by atoms with Gasteiger partial charge in [0.05, 0.1) is 0 Å². The second-order valence-corrected chi connectivity index (χ2v) is 3.66. The Kier molecular flexibility index (Phi) is 3.63. The van der Waals surface area contributed by atoms with Gasteiger partial charge in [-0.15, -0.1) is 0 Å². The monoisotopic (exact) mass is 222 g/mol. The van der Waals surface area contributed by atoms with Crippen molar-refractivity contribution >= 4 is 17.4 Å². The lowest BCUT2D eigenvalue weighted by atomic mass is 10.0. The molecule has 5 nitrogen and oxygen atoms in total. The molecule has 0 amide bonds. The van der Waals surface area contributed by atoms with Gasteiger partial charge in [-0.25, -0.2) is 0 Å². The largest absolute Gasteiger partial charge is 0.480 e. The molecule has 1 unspecified atom stereocenters. The average molecular weight is 222 g/mol. The van der Waals surface area contributed by atoms with E-state index in [0.29, 0.717) is 11.3 Å². The van der Waals surface area contributed by atoms with Crippen molar-refractivity contribution in [3.05, 3.63) is 29.3 Å². The summed E-state index contributed by atoms with van der Waals surface area (Å²) in [5.41, 5.74) is 12.5. The molecule has 0 fully saturated rings. The standard InChI is InChI=1S/C11H14N2O3/c1-6-2-3-8(12)7(4-6)10(14)5-9(13)11(15)16/h2-4,9H,5,12-13H2,1H3,(H,15,16). The Morgan fingerprint density at radius 2 is 2.06 bits per heavy atom. The summed E-state index contributed by atoms with van der Waals surface area (Å²) in [4.78, 5) is 22.2. The van der Waals surface area contributed by atoms with Crippen LogP contribution in [0.1, 0.15) is 22.3 Å². The predicted molar refractivity (Wildman–Crippen MR) is 60.2 cm³/mol. The SMILES string of the molecule is Cc1ccc(N)c(C(=O)CC(N)C(=O)O)c1. The number of benzene rings is 1. The van der Waals surface area contributed by atoms with Crippen molar-refractivity contribution in [2.24, 2.45) is 5.73 Å². The van der Waals surface area contributed by atoms with E-state index in [1.807, 2.05) is 6.92 Å². The number of hydrogen-bond acceptors (Lipinski definition) is 4. The van der Waals surface area contributed by atoms with Crippen LogP contribution in [0.4, 0.5) is 5.69 Å². The van der Waals surface area contributed by atoms with Gasteiger partial charge in [0.15, 0.2) is 5.78 Å². The van der Waals surface area contributed by atoms with E-state index in [1.165, 1.54) is 0 Å². The summed E-state index contributed by atoms with van der Waals surface area (Å²) in [6, 6.07) is 3.84. The van der Waals surface area contributed by atoms with E-state index in [0.717, 1.165) is 5.56 Å². The van der Waals surface area contributed by atoms with E-state index >= 15 is 0 Å². The highest BCUT2D eigenvalue weighted by molar-refractivity contribution is 6.02. The van der Waals surface area contributed by atoms with Gasteiger partial charge < -0.3 is 16.6 Å². The first-order valence-corrected chi connectivity index (χ1v) is 4.79. The van der Waals surface area contributed by atoms with Gasteiger partial charge in [-0.1, -0.05) is 11.6 Å². The molecule has 1 rings (SSSR count). The Morgan fingerprint density at radius 1 is 1.44 bits per heavy atom. The topological polar surface area (TPSA) is 106 Å². The third kappa shape index (κ3) is 2.80. The zero-order valence-electron chi connectivity index (χ0n) is 8.93. The molecule has 1 aromatic carbocycles. The number of carbonyl (C=O) groups excluding carboxylic acids is 1. The van der Waals surface area contributed by atoms with Crippen LogP contribution in [0.15, 0.2) is 18.2 Å². The maximum atomic E-state index is 11.7. The number of anilines is 1. The molecule has 0 aliphatic rings. The number of nitrogen functional groups attached to an aromatic ring is 1. The number of hydrogen-bond donors (Lipinski definition) is 3. The van der Waals surface area contributed by atoms with Crippen LogP contribution >= 0.6 is 0 Å². The van der Waals surface area contributed by atoms with Gasteiger partial charge in [0.1, 0.15) is 6.04 Å². The molecule has 0 spiro atoms. The second kappa shape index (κ2) is 4.76. The van der Waals surface area contributed by atoms with Crippen molar-refractivity contribution in [3.63, 3.8) is 0 Å². The molecule has 0 bridgehead atoms. The normalized spacial score (nSPS) is 12.1. The lowest BCUT2D eigenvalue weighted by molar-refractivity contribution is -0.138. The second-order valence-electron chi connectivity index (χ2n) is 3.66. The maximum absolute atomic E-state index is 11.7. The highest BCUT2D eigenvalue weighted by Crippen LogP contribution is 2.16. The first-order valence-electron chi connectivity index (χ1n) is 4.79. The molecule has 1 aromatic rings. The molecule has 0 saturated carbocycles. The molecule has 5 N–H and O–H groups in total. The van der Waals surface area contributed by atoms with Gasteiger partial charge in [0, 0.05) is 17.7 Å². The molecular formula is C11H14N2O3. The fourth-order valence-corrected chi connectivity index (χ4v) is 1.31. The molecule has 16 heavy (non-hydrogen) atoms. The van der Waals surface area contributed by atoms with Crippen molar-refractivity contribution in [1.82, 2.24) is 0 Å². The van der Waals surface area contributed by atoms with E-state index in [4.69, 9.17) is 16.6 Å². The molecule has 86 valence electrons. The van der Waals surface area contributed by atoms with Crippen LogP contribution in [-0.2, 0) is 4.79 Å². The van der Waals surface area contributed by atoms with Crippen LogP contribution in [0.3, 0.4) is 0 Å². The number of carbonyl (C=O) groups is 2. The molecule has 1 atom stereocenters. The van der Waals surface area contributed by atoms with E-state index in [9.17, 15) is 9.59 Å². The zero-order chi connectivity index (χ0) is 12.3. The summed E-state index contributed by atoms with van der Waals surface area (Å²) in [6.07, 6.45) is -0.247. The van der Waals surface area contributed by atoms with Crippen molar-refractivity contribution in [1.29, 1.82) is 0 Å². The first-order chi connectivity index (χ1) is 7.41. The summed E-state index contributed by atoms with van der Waals surface area (Å²) < 4.78 is 0. The van der Waals surface area contributed by atoms with E-state index in [2.05, 4.69) is 0 Å². The highest BCUT2D eigenvalue weighted by Gasteiger charge is 2.18. The van der Waals surface area contributed by atoms with Crippen molar-refractivity contribution < 1.29 is 14.7 Å². The molecule has 0 aliphatic carbocycles. The lowest BCUT2D eigenvalue weighted by Gasteiger charge is -2.08. The average Bonchev–Trinajstić information content (AvgIpc) is 2.21. The van der Waals surface area contributed by atoms with Gasteiger partial charge in [0.2, 0.25) is 0 Å². The predicted octanol–water partition coefficient (Wildman–Crippen LogP) is 0.562. The van der Waals surface area contributed by atoms with Gasteiger partial charge in [-0.3, -0.25) is 9.59 Å². The Labute approximate surface area is 93.1 Å². The molecule has 0 saturated heterocycles. The Morgan fingerprint density at radius 3 is 2.62 bits per heavy atom. The minimum atomic E-state index is -1.19.